The summed E-state index contributed by atoms with van der Waals surface area (Å²) in [5.74, 6) is -0.105. The van der Waals surface area contributed by atoms with Crippen molar-refractivity contribution in [1.82, 2.24) is 30.4 Å². The van der Waals surface area contributed by atoms with E-state index in [1.54, 1.807) is 17.4 Å². The summed E-state index contributed by atoms with van der Waals surface area (Å²) < 4.78 is 1.91. The Balaban J connectivity index is 0.00000243. The molecule has 1 aliphatic carbocycles. The smallest absolute Gasteiger partial charge is 0.318 e. The van der Waals surface area contributed by atoms with Gasteiger partial charge in [0.2, 0.25) is 5.91 Å². The average Bonchev–Trinajstić information content (AvgIpc) is 3.16. The molecule has 2 aliphatic rings. The number of hydrogen-bond acceptors (Lipinski definition) is 4. The topological polar surface area (TPSA) is 91.3 Å². The summed E-state index contributed by atoms with van der Waals surface area (Å²) in [6, 6.07) is -0.315. The molecule has 0 unspecified atom stereocenters. The van der Waals surface area contributed by atoms with Crippen LogP contribution in [0.15, 0.2) is 18.7 Å². The molecule has 0 radical (unpaired) electrons. The number of nitrogens with one attached hydrogen (secondary N) is 3. The zero-order valence-corrected chi connectivity index (χ0v) is 14.6. The molecule has 3 amide bonds. The van der Waals surface area contributed by atoms with Crippen LogP contribution in [0.1, 0.15) is 33.5 Å². The first-order chi connectivity index (χ1) is 12.2. The van der Waals surface area contributed by atoms with Crippen LogP contribution in [0.5, 0.6) is 0 Å². The van der Waals surface area contributed by atoms with E-state index in [9.17, 15) is 9.59 Å². The molecule has 1 aromatic heterocycles. The van der Waals surface area contributed by atoms with Crippen LogP contribution in [-0.4, -0.2) is 64.7 Å². The van der Waals surface area contributed by atoms with E-state index in [4.69, 9.17) is 0 Å². The molecule has 140 valence electrons. The van der Waals surface area contributed by atoms with E-state index in [1.807, 2.05) is 10.8 Å². The van der Waals surface area contributed by atoms with Crippen LogP contribution in [0, 0.1) is 0 Å². The quantitative estimate of drug-likeness (QED) is 0.724. The van der Waals surface area contributed by atoms with Crippen LogP contribution in [0.3, 0.4) is 0 Å². The molecule has 0 spiro atoms. The van der Waals surface area contributed by atoms with E-state index in [0.29, 0.717) is 26.2 Å². The lowest BCUT2D eigenvalue weighted by atomic mass is 9.96. The van der Waals surface area contributed by atoms with Gasteiger partial charge in [0, 0.05) is 52.6 Å². The Bertz CT molecular complexity index is 562. The van der Waals surface area contributed by atoms with E-state index in [0.717, 1.165) is 19.4 Å². The van der Waals surface area contributed by atoms with Crippen molar-refractivity contribution in [3.8, 4) is 0 Å². The summed E-state index contributed by atoms with van der Waals surface area (Å²) >= 11 is 0. The maximum atomic E-state index is 12.6. The van der Waals surface area contributed by atoms with Crippen LogP contribution in [0.25, 0.3) is 0 Å². The number of urea groups is 1. The summed E-state index contributed by atoms with van der Waals surface area (Å²) in [6.07, 6.45) is 11.0. The molecule has 25 heavy (non-hydrogen) atoms. The largest absolute Gasteiger partial charge is 0.352 e. The van der Waals surface area contributed by atoms with Crippen LogP contribution in [-0.2, 0) is 11.3 Å². The van der Waals surface area contributed by atoms with Crippen molar-refractivity contribution in [2.75, 3.05) is 26.2 Å². The van der Waals surface area contributed by atoms with Gasteiger partial charge in [-0.1, -0.05) is 19.3 Å². The second-order valence-electron chi connectivity index (χ2n) is 6.79. The number of rotatable bonds is 5. The van der Waals surface area contributed by atoms with Gasteiger partial charge >= 0.3 is 6.03 Å². The SMILES string of the molecule is O=C(NCCn1ccnc1)[C@H]1CNCCN1C(=O)NC1CCCCC1.[HH]. The number of amides is 3. The van der Waals surface area contributed by atoms with Gasteiger partial charge in [0.1, 0.15) is 6.04 Å². The molecular formula is C17H30N6O2. The van der Waals surface area contributed by atoms with Gasteiger partial charge in [-0.15, -0.1) is 0 Å². The highest BCUT2D eigenvalue weighted by molar-refractivity contribution is 5.87. The predicted octanol–water partition coefficient (Wildman–Crippen LogP) is 0.561. The number of nitrogens with zero attached hydrogens (tertiary/aromatic N) is 3. The number of piperazine rings is 1. The molecule has 3 rings (SSSR count). The van der Waals surface area contributed by atoms with Crippen molar-refractivity contribution < 1.29 is 11.0 Å². The van der Waals surface area contributed by atoms with Gasteiger partial charge in [0.25, 0.3) is 0 Å². The molecule has 1 saturated carbocycles. The van der Waals surface area contributed by atoms with Crippen LogP contribution in [0.4, 0.5) is 4.79 Å². The lowest BCUT2D eigenvalue weighted by Gasteiger charge is -2.36. The Kier molecular flexibility index (Phi) is 6.27. The minimum atomic E-state index is -0.458. The molecule has 1 saturated heterocycles. The number of aromatic nitrogens is 2. The number of carbonyl (C=O) groups is 2. The van der Waals surface area contributed by atoms with Gasteiger partial charge in [0.15, 0.2) is 0 Å². The Morgan fingerprint density at radius 2 is 2.12 bits per heavy atom. The molecule has 8 heteroatoms. The van der Waals surface area contributed by atoms with Gasteiger partial charge in [-0.05, 0) is 12.8 Å². The van der Waals surface area contributed by atoms with Crippen molar-refractivity contribution >= 4 is 11.9 Å². The standard InChI is InChI=1S/C17H28N6O2.H2/c24-16(20-8-10-22-9-6-19-13-22)15-12-18-7-11-23(15)17(25)21-14-4-2-1-3-5-14;/h6,9,13-15,18H,1-5,7-8,10-12H2,(H,20,24)(H,21,25);1H/t15-;/m1./s1. The van der Waals surface area contributed by atoms with Crippen molar-refractivity contribution in [2.24, 2.45) is 0 Å². The third-order valence-corrected chi connectivity index (χ3v) is 4.97. The van der Waals surface area contributed by atoms with Gasteiger partial charge in [-0.25, -0.2) is 9.78 Å². The fraction of sp³-hybridized carbons (Fsp3) is 0.706. The van der Waals surface area contributed by atoms with Crippen molar-refractivity contribution in [1.29, 1.82) is 0 Å². The number of hydrogen-bond donors (Lipinski definition) is 3. The fourth-order valence-electron chi connectivity index (χ4n) is 3.53. The van der Waals surface area contributed by atoms with E-state index < -0.39 is 6.04 Å². The Hall–Kier alpha value is -2.09. The molecule has 2 heterocycles. The monoisotopic (exact) mass is 350 g/mol. The first kappa shape index (κ1) is 17.7. The highest BCUT2D eigenvalue weighted by Crippen LogP contribution is 2.18. The van der Waals surface area contributed by atoms with E-state index in [1.165, 1.54) is 19.3 Å². The Morgan fingerprint density at radius 3 is 2.88 bits per heavy atom. The average molecular weight is 350 g/mol. The zero-order valence-electron chi connectivity index (χ0n) is 14.6. The van der Waals surface area contributed by atoms with Crippen LogP contribution < -0.4 is 16.0 Å². The molecule has 0 bridgehead atoms. The van der Waals surface area contributed by atoms with Crippen LogP contribution in [0.2, 0.25) is 0 Å². The summed E-state index contributed by atoms with van der Waals surface area (Å²) in [6.45, 7) is 2.95. The molecule has 1 atom stereocenters. The molecule has 1 aliphatic heterocycles. The zero-order chi connectivity index (χ0) is 17.5. The first-order valence-corrected chi connectivity index (χ1v) is 9.25. The Labute approximate surface area is 149 Å². The van der Waals surface area contributed by atoms with Crippen molar-refractivity contribution in [2.45, 2.75) is 50.7 Å². The molecule has 2 fully saturated rings. The first-order valence-electron chi connectivity index (χ1n) is 9.25. The van der Waals surface area contributed by atoms with Crippen molar-refractivity contribution in [3.63, 3.8) is 0 Å². The lowest BCUT2D eigenvalue weighted by molar-refractivity contribution is -0.126. The van der Waals surface area contributed by atoms with E-state index in [2.05, 4.69) is 20.9 Å². The molecule has 3 N–H and O–H groups in total. The summed E-state index contributed by atoms with van der Waals surface area (Å²) in [4.78, 5) is 30.8. The van der Waals surface area contributed by atoms with E-state index >= 15 is 0 Å². The third-order valence-electron chi connectivity index (χ3n) is 4.97. The lowest BCUT2D eigenvalue weighted by Crippen LogP contribution is -2.62. The molecular weight excluding hydrogens is 320 g/mol. The highest BCUT2D eigenvalue weighted by Gasteiger charge is 2.32. The van der Waals surface area contributed by atoms with Crippen LogP contribution >= 0.6 is 0 Å². The van der Waals surface area contributed by atoms with Gasteiger partial charge in [-0.2, -0.15) is 0 Å². The molecule has 0 aromatic carbocycles. The van der Waals surface area contributed by atoms with Gasteiger partial charge in [0.05, 0.1) is 6.33 Å². The highest BCUT2D eigenvalue weighted by atomic mass is 16.2. The van der Waals surface area contributed by atoms with Gasteiger partial charge < -0.3 is 25.4 Å². The second-order valence-corrected chi connectivity index (χ2v) is 6.79. The normalized spacial score (nSPS) is 21.8. The summed E-state index contributed by atoms with van der Waals surface area (Å²) in [5, 5.41) is 9.26. The molecule has 1 aromatic rings. The maximum absolute atomic E-state index is 12.6. The summed E-state index contributed by atoms with van der Waals surface area (Å²) in [5.41, 5.74) is 0. The maximum Gasteiger partial charge on any atom is 0.318 e. The minimum Gasteiger partial charge on any atom is -0.352 e. The summed E-state index contributed by atoms with van der Waals surface area (Å²) in [7, 11) is 0. The minimum absolute atomic E-state index is 0. The molecule has 8 nitrogen and oxygen atoms in total. The fourth-order valence-corrected chi connectivity index (χ4v) is 3.53. The number of carbonyl (C=O) groups excluding carboxylic acids is 2. The Morgan fingerprint density at radius 1 is 1.28 bits per heavy atom. The van der Waals surface area contributed by atoms with Gasteiger partial charge in [-0.3, -0.25) is 4.79 Å². The van der Waals surface area contributed by atoms with E-state index in [-0.39, 0.29) is 19.4 Å². The number of imidazole rings is 1. The predicted molar refractivity (Wildman–Crippen MR) is 96.1 cm³/mol. The second kappa shape index (κ2) is 8.84. The van der Waals surface area contributed by atoms with Crippen molar-refractivity contribution in [3.05, 3.63) is 18.7 Å². The third kappa shape index (κ3) is 4.94.